The predicted octanol–water partition coefficient (Wildman–Crippen LogP) is 6.02. The number of ether oxygens (including phenoxy) is 2. The molecule has 3 aromatic carbocycles. The van der Waals surface area contributed by atoms with Gasteiger partial charge in [0, 0.05) is 16.6 Å². The third-order valence-corrected chi connectivity index (χ3v) is 7.10. The topological polar surface area (TPSA) is 118 Å². The summed E-state index contributed by atoms with van der Waals surface area (Å²) in [5.74, 6) is -2.63. The van der Waals surface area contributed by atoms with Gasteiger partial charge in [-0.1, -0.05) is 53.7 Å². The van der Waals surface area contributed by atoms with Gasteiger partial charge in [0.1, 0.15) is 17.4 Å². The van der Waals surface area contributed by atoms with Gasteiger partial charge in [-0.05, 0) is 67.9 Å². The number of hydrogen-bond acceptors (Lipinski definition) is 7. The first-order valence-electron chi connectivity index (χ1n) is 12.4. The second kappa shape index (κ2) is 13.2. The number of halogens is 1. The highest BCUT2D eigenvalue weighted by Crippen LogP contribution is 2.40. The molecule has 0 saturated carbocycles. The molecule has 1 aliphatic rings. The summed E-state index contributed by atoms with van der Waals surface area (Å²) in [7, 11) is 0. The monoisotopic (exact) mass is 575 g/mol. The number of benzene rings is 3. The van der Waals surface area contributed by atoms with Gasteiger partial charge in [-0.25, -0.2) is 0 Å². The number of carbonyl (C=O) groups excluding carboxylic acids is 3. The molecule has 1 heterocycles. The van der Waals surface area contributed by atoms with Crippen LogP contribution < -0.4 is 15.4 Å². The number of rotatable bonds is 9. The van der Waals surface area contributed by atoms with E-state index in [4.69, 9.17) is 21.1 Å². The van der Waals surface area contributed by atoms with Crippen molar-refractivity contribution in [2.24, 2.45) is 5.92 Å². The first-order valence-corrected chi connectivity index (χ1v) is 13.8. The zero-order valence-electron chi connectivity index (χ0n) is 21.7. The molecule has 0 saturated heterocycles. The van der Waals surface area contributed by atoms with Crippen LogP contribution in [0.1, 0.15) is 25.3 Å². The molecule has 2 atom stereocenters. The van der Waals surface area contributed by atoms with E-state index in [0.717, 1.165) is 11.8 Å². The molecule has 8 nitrogen and oxygen atoms in total. The average Bonchev–Trinajstić information content (AvgIpc) is 2.93. The number of carbonyl (C=O) groups is 3. The molecule has 0 bridgehead atoms. The van der Waals surface area contributed by atoms with Gasteiger partial charge in [0.05, 0.1) is 28.5 Å². The highest BCUT2D eigenvalue weighted by molar-refractivity contribution is 8.03. The first-order chi connectivity index (χ1) is 19.2. The molecular formula is C30H26ClN3O5S. The smallest absolute Gasteiger partial charge is 0.319 e. The van der Waals surface area contributed by atoms with Gasteiger partial charge in [-0.15, -0.1) is 0 Å². The number of amides is 2. The lowest BCUT2D eigenvalue weighted by Crippen LogP contribution is -2.45. The van der Waals surface area contributed by atoms with Crippen LogP contribution in [0.15, 0.2) is 89.5 Å². The Balaban J connectivity index is 1.49. The summed E-state index contributed by atoms with van der Waals surface area (Å²) in [6.07, 6.45) is -0.445. The molecular weight excluding hydrogens is 550 g/mol. The van der Waals surface area contributed by atoms with E-state index in [1.165, 1.54) is 0 Å². The molecule has 0 aliphatic carbocycles. The largest absolute Gasteiger partial charge is 0.462 e. The molecule has 1 aliphatic heterocycles. The highest BCUT2D eigenvalue weighted by atomic mass is 35.5. The van der Waals surface area contributed by atoms with Gasteiger partial charge in [-0.2, -0.15) is 5.26 Å². The fourth-order valence-electron chi connectivity index (χ4n) is 4.09. The fourth-order valence-corrected chi connectivity index (χ4v) is 5.07. The number of anilines is 1. The molecule has 0 aromatic heterocycles. The van der Waals surface area contributed by atoms with Crippen molar-refractivity contribution in [1.82, 2.24) is 5.32 Å². The second-order valence-corrected chi connectivity index (χ2v) is 10.5. The molecule has 3 aromatic rings. The summed E-state index contributed by atoms with van der Waals surface area (Å²) in [4.78, 5) is 38.8. The number of nitriles is 1. The Bertz CT molecular complexity index is 1450. The Kier molecular flexibility index (Phi) is 9.48. The van der Waals surface area contributed by atoms with Crippen molar-refractivity contribution in [2.75, 3.05) is 11.1 Å². The van der Waals surface area contributed by atoms with E-state index in [0.29, 0.717) is 27.8 Å². The summed E-state index contributed by atoms with van der Waals surface area (Å²) in [6.45, 7) is 3.36. The summed E-state index contributed by atoms with van der Waals surface area (Å²) in [6, 6.07) is 24.9. The van der Waals surface area contributed by atoms with Gasteiger partial charge in [0.15, 0.2) is 0 Å². The van der Waals surface area contributed by atoms with Crippen molar-refractivity contribution in [3.8, 4) is 17.6 Å². The maximum atomic E-state index is 13.1. The highest BCUT2D eigenvalue weighted by Gasteiger charge is 2.44. The van der Waals surface area contributed by atoms with Crippen LogP contribution in [0.5, 0.6) is 11.5 Å². The zero-order valence-corrected chi connectivity index (χ0v) is 23.3. The number of allylic oxidation sites excluding steroid dienone is 1. The van der Waals surface area contributed by atoms with E-state index >= 15 is 0 Å². The van der Waals surface area contributed by atoms with E-state index in [-0.39, 0.29) is 22.3 Å². The second-order valence-electron chi connectivity index (χ2n) is 9.11. The van der Waals surface area contributed by atoms with Crippen molar-refractivity contribution in [1.29, 1.82) is 5.26 Å². The fraction of sp³-hybridized carbons (Fsp3) is 0.200. The van der Waals surface area contributed by atoms with Crippen molar-refractivity contribution < 1.29 is 23.9 Å². The molecule has 2 N–H and O–H groups in total. The normalized spacial score (nSPS) is 16.6. The van der Waals surface area contributed by atoms with E-state index in [2.05, 4.69) is 16.7 Å². The predicted molar refractivity (Wildman–Crippen MR) is 154 cm³/mol. The minimum Gasteiger partial charge on any atom is -0.462 e. The number of nitrogens with zero attached hydrogens (tertiary/aromatic N) is 1. The van der Waals surface area contributed by atoms with Gasteiger partial charge in [0.25, 0.3) is 0 Å². The van der Waals surface area contributed by atoms with Crippen molar-refractivity contribution in [3.05, 3.63) is 100 Å². The van der Waals surface area contributed by atoms with E-state index in [1.54, 1.807) is 62.4 Å². The number of hydrogen-bond donors (Lipinski definition) is 2. The number of esters is 1. The Labute approximate surface area is 241 Å². The van der Waals surface area contributed by atoms with Crippen molar-refractivity contribution in [3.63, 3.8) is 0 Å². The quantitative estimate of drug-likeness (QED) is 0.236. The summed E-state index contributed by atoms with van der Waals surface area (Å²) in [5, 5.41) is 16.2. The van der Waals surface area contributed by atoms with Crippen LogP contribution in [0.3, 0.4) is 0 Å². The standard InChI is InChI=1S/C30H26ClN3O5S/c1-18(2)38-30(37)27-26(19-8-10-20(31)11-9-19)24(16-32)29(34-28(27)36)40-17-25(35)33-21-12-14-23(15-13-21)39-22-6-4-3-5-7-22/h3-15,18,26-27H,17H2,1-2H3,(H,33,35)(H,34,36)/t26-,27-/m1/s1. The van der Waals surface area contributed by atoms with Gasteiger partial charge >= 0.3 is 5.97 Å². The molecule has 0 radical (unpaired) electrons. The number of para-hydroxylation sites is 1. The van der Waals surface area contributed by atoms with Crippen LogP contribution >= 0.6 is 23.4 Å². The molecule has 40 heavy (non-hydrogen) atoms. The average molecular weight is 576 g/mol. The lowest BCUT2D eigenvalue weighted by atomic mass is 9.78. The van der Waals surface area contributed by atoms with E-state index < -0.39 is 29.8 Å². The lowest BCUT2D eigenvalue weighted by Gasteiger charge is -2.31. The van der Waals surface area contributed by atoms with Gasteiger partial charge in [0.2, 0.25) is 11.8 Å². The van der Waals surface area contributed by atoms with Crippen LogP contribution in [0.25, 0.3) is 0 Å². The zero-order chi connectivity index (χ0) is 28.6. The van der Waals surface area contributed by atoms with Crippen LogP contribution in [0.4, 0.5) is 5.69 Å². The van der Waals surface area contributed by atoms with Crippen LogP contribution in [-0.4, -0.2) is 29.6 Å². The molecule has 0 fully saturated rings. The van der Waals surface area contributed by atoms with Gasteiger partial charge in [-0.3, -0.25) is 14.4 Å². The molecule has 0 unspecified atom stereocenters. The Morgan fingerprint density at radius 1 is 1.02 bits per heavy atom. The van der Waals surface area contributed by atoms with E-state index in [1.807, 2.05) is 30.3 Å². The SMILES string of the molecule is CC(C)OC(=O)[C@H]1C(=O)NC(SCC(=O)Nc2ccc(Oc3ccccc3)cc2)=C(C#N)[C@H]1c1ccc(Cl)cc1. The Morgan fingerprint density at radius 2 is 1.68 bits per heavy atom. The van der Waals surface area contributed by atoms with Crippen LogP contribution in [0, 0.1) is 17.2 Å². The van der Waals surface area contributed by atoms with Crippen LogP contribution in [-0.2, 0) is 19.1 Å². The summed E-state index contributed by atoms with van der Waals surface area (Å²) < 4.78 is 11.1. The number of nitrogens with one attached hydrogen (secondary N) is 2. The third kappa shape index (κ3) is 7.23. The Hall–Kier alpha value is -4.26. The lowest BCUT2D eigenvalue weighted by molar-refractivity contribution is -0.156. The Morgan fingerprint density at radius 3 is 2.30 bits per heavy atom. The molecule has 4 rings (SSSR count). The van der Waals surface area contributed by atoms with Crippen LogP contribution in [0.2, 0.25) is 5.02 Å². The maximum absolute atomic E-state index is 13.1. The minimum atomic E-state index is -1.27. The molecule has 204 valence electrons. The minimum absolute atomic E-state index is 0.0858. The van der Waals surface area contributed by atoms with E-state index in [9.17, 15) is 19.6 Å². The van der Waals surface area contributed by atoms with Crippen molar-refractivity contribution in [2.45, 2.75) is 25.9 Å². The van der Waals surface area contributed by atoms with Crippen molar-refractivity contribution >= 4 is 46.8 Å². The summed E-state index contributed by atoms with van der Waals surface area (Å²) >= 11 is 7.04. The maximum Gasteiger partial charge on any atom is 0.319 e. The molecule has 10 heteroatoms. The third-order valence-electron chi connectivity index (χ3n) is 5.83. The molecule has 0 spiro atoms. The molecule has 2 amide bonds. The van der Waals surface area contributed by atoms with Gasteiger partial charge < -0.3 is 20.1 Å². The number of thioether (sulfide) groups is 1. The summed E-state index contributed by atoms with van der Waals surface area (Å²) in [5.41, 5.74) is 1.28. The first kappa shape index (κ1) is 28.7.